The number of alkyl halides is 3. The molecule has 0 aliphatic carbocycles. The summed E-state index contributed by atoms with van der Waals surface area (Å²) in [5, 5.41) is 6.53. The van der Waals surface area contributed by atoms with Gasteiger partial charge in [-0.05, 0) is 54.2 Å². The number of ether oxygens (including phenoxy) is 1. The van der Waals surface area contributed by atoms with Crippen LogP contribution in [0.3, 0.4) is 0 Å². The smallest absolute Gasteiger partial charge is 0.416 e. The molecule has 4 unspecified atom stereocenters. The van der Waals surface area contributed by atoms with Crippen molar-refractivity contribution in [2.24, 2.45) is 16.6 Å². The van der Waals surface area contributed by atoms with Gasteiger partial charge in [0.1, 0.15) is 0 Å². The molecule has 0 radical (unpaired) electrons. The lowest BCUT2D eigenvalue weighted by atomic mass is 9.93. The zero-order valence-corrected chi connectivity index (χ0v) is 27.0. The van der Waals surface area contributed by atoms with Gasteiger partial charge in [0.05, 0.1) is 25.3 Å². The molecule has 4 N–H and O–H groups in total. The molecule has 0 bridgehead atoms. The van der Waals surface area contributed by atoms with E-state index in [4.69, 9.17) is 4.74 Å². The number of halogens is 3. The molecule has 2 aromatic carbocycles. The quantitative estimate of drug-likeness (QED) is 0.138. The maximum Gasteiger partial charge on any atom is 0.416 e. The predicted octanol–water partition coefficient (Wildman–Crippen LogP) is 4.59. The summed E-state index contributed by atoms with van der Waals surface area (Å²) in [5.74, 6) is 0.387. The molecule has 0 aromatic heterocycles. The molecule has 12 heteroatoms. The van der Waals surface area contributed by atoms with E-state index in [-0.39, 0.29) is 36.4 Å². The van der Waals surface area contributed by atoms with Crippen LogP contribution in [-0.2, 0) is 38.1 Å². The van der Waals surface area contributed by atoms with Gasteiger partial charge in [0.15, 0.2) is 0 Å². The van der Waals surface area contributed by atoms with Crippen molar-refractivity contribution >= 4 is 38.7 Å². The van der Waals surface area contributed by atoms with Gasteiger partial charge < -0.3 is 21.1 Å². The Kier molecular flexibility index (Phi) is 19.6. The zero-order chi connectivity index (χ0) is 33.0. The van der Waals surface area contributed by atoms with Crippen molar-refractivity contribution in [3.05, 3.63) is 65.2 Å². The Morgan fingerprint density at radius 3 is 1.95 bits per heavy atom. The van der Waals surface area contributed by atoms with Crippen LogP contribution in [0.25, 0.3) is 0 Å². The molecular weight excluding hydrogens is 580 g/mol. The number of carbonyl (C=O) groups is 3. The average Bonchev–Trinajstić information content (AvgIpc) is 2.95. The second kappa shape index (κ2) is 21.3. The summed E-state index contributed by atoms with van der Waals surface area (Å²) in [6.07, 6.45) is -1.09. The summed E-state index contributed by atoms with van der Waals surface area (Å²) in [7, 11) is 4.12. The SMILES string of the molecule is CC(=O)NC(C)Cc1ccc(P)cc1.CCC(C)C(Cc1ccc(C(F)(F)F)cc1)N=C(CNC=O)OC.CCC(N)=O. The lowest BCUT2D eigenvalue weighted by molar-refractivity contribution is -0.137. The molecule has 0 aliphatic heterocycles. The van der Waals surface area contributed by atoms with Gasteiger partial charge in [-0.3, -0.25) is 19.4 Å². The fourth-order valence-corrected chi connectivity index (χ4v) is 3.80. The predicted molar refractivity (Wildman–Crippen MR) is 169 cm³/mol. The van der Waals surface area contributed by atoms with Gasteiger partial charge in [0.25, 0.3) is 0 Å². The molecule has 43 heavy (non-hydrogen) atoms. The van der Waals surface area contributed by atoms with Crippen LogP contribution in [0.15, 0.2) is 53.5 Å². The van der Waals surface area contributed by atoms with Crippen LogP contribution in [0, 0.1) is 5.92 Å². The minimum atomic E-state index is -4.34. The van der Waals surface area contributed by atoms with Crippen molar-refractivity contribution in [3.63, 3.8) is 0 Å². The van der Waals surface area contributed by atoms with Gasteiger partial charge in [0.2, 0.25) is 24.1 Å². The molecule has 240 valence electrons. The van der Waals surface area contributed by atoms with E-state index in [1.807, 2.05) is 20.8 Å². The molecule has 0 fully saturated rings. The van der Waals surface area contributed by atoms with Crippen LogP contribution >= 0.6 is 9.24 Å². The summed E-state index contributed by atoms with van der Waals surface area (Å²) < 4.78 is 43.0. The van der Waals surface area contributed by atoms with E-state index >= 15 is 0 Å². The largest absolute Gasteiger partial charge is 0.483 e. The summed E-state index contributed by atoms with van der Waals surface area (Å²) in [6.45, 7) is 9.51. The number of benzene rings is 2. The minimum absolute atomic E-state index is 0.0279. The Hall–Kier alpha value is -3.46. The molecule has 4 atom stereocenters. The Labute approximate surface area is 255 Å². The van der Waals surface area contributed by atoms with Crippen LogP contribution in [0.2, 0.25) is 0 Å². The summed E-state index contributed by atoms with van der Waals surface area (Å²) in [6, 6.07) is 13.4. The van der Waals surface area contributed by atoms with Crippen molar-refractivity contribution < 1.29 is 32.3 Å². The van der Waals surface area contributed by atoms with Gasteiger partial charge in [-0.15, -0.1) is 9.24 Å². The third-order valence-corrected chi connectivity index (χ3v) is 6.61. The van der Waals surface area contributed by atoms with Crippen LogP contribution < -0.4 is 21.7 Å². The third-order valence-electron chi connectivity index (χ3n) is 6.23. The monoisotopic (exact) mass is 626 g/mol. The first-order valence-electron chi connectivity index (χ1n) is 14.0. The van der Waals surface area contributed by atoms with Crippen LogP contribution in [-0.4, -0.2) is 49.9 Å². The van der Waals surface area contributed by atoms with Crippen LogP contribution in [0.4, 0.5) is 13.2 Å². The van der Waals surface area contributed by atoms with E-state index in [9.17, 15) is 27.6 Å². The van der Waals surface area contributed by atoms with Gasteiger partial charge in [-0.25, -0.2) is 0 Å². The number of hydrogen-bond donors (Lipinski definition) is 3. The van der Waals surface area contributed by atoms with Gasteiger partial charge in [0, 0.05) is 19.4 Å². The van der Waals surface area contributed by atoms with Crippen molar-refractivity contribution in [1.82, 2.24) is 10.6 Å². The highest BCUT2D eigenvalue weighted by atomic mass is 31.0. The fourth-order valence-electron chi connectivity index (χ4n) is 3.61. The fraction of sp³-hybridized carbons (Fsp3) is 0.484. The average molecular weight is 627 g/mol. The van der Waals surface area contributed by atoms with Gasteiger partial charge in [-0.2, -0.15) is 13.2 Å². The Morgan fingerprint density at radius 1 is 1.02 bits per heavy atom. The summed E-state index contributed by atoms with van der Waals surface area (Å²) in [4.78, 5) is 35.3. The summed E-state index contributed by atoms with van der Waals surface area (Å²) >= 11 is 0. The number of rotatable bonds is 12. The highest BCUT2D eigenvalue weighted by Crippen LogP contribution is 2.29. The van der Waals surface area contributed by atoms with E-state index in [1.165, 1.54) is 30.1 Å². The number of methoxy groups -OCH3 is 1. The number of amides is 3. The molecule has 3 amide bonds. The minimum Gasteiger partial charge on any atom is -0.483 e. The number of nitrogens with two attached hydrogens (primary N) is 1. The number of aliphatic imine (C=N–C) groups is 1. The Morgan fingerprint density at radius 2 is 1.53 bits per heavy atom. The maximum atomic E-state index is 12.6. The highest BCUT2D eigenvalue weighted by Gasteiger charge is 2.30. The van der Waals surface area contributed by atoms with Crippen molar-refractivity contribution in [3.8, 4) is 0 Å². The zero-order valence-electron chi connectivity index (χ0n) is 25.8. The van der Waals surface area contributed by atoms with E-state index < -0.39 is 11.7 Å². The first-order chi connectivity index (χ1) is 20.2. The molecule has 8 nitrogen and oxygen atoms in total. The molecule has 0 heterocycles. The summed E-state index contributed by atoms with van der Waals surface area (Å²) in [5.41, 5.74) is 6.01. The van der Waals surface area contributed by atoms with E-state index in [0.29, 0.717) is 25.1 Å². The Bertz CT molecular complexity index is 1130. The lowest BCUT2D eigenvalue weighted by Crippen LogP contribution is -2.32. The molecule has 0 saturated heterocycles. The molecule has 0 aliphatic rings. The number of nitrogens with zero attached hydrogens (tertiary/aromatic N) is 1. The van der Waals surface area contributed by atoms with Crippen molar-refractivity contribution in [1.29, 1.82) is 0 Å². The number of nitrogens with one attached hydrogen (secondary N) is 2. The van der Waals surface area contributed by atoms with Crippen molar-refractivity contribution in [2.45, 2.75) is 78.6 Å². The first kappa shape index (κ1) is 39.5. The van der Waals surface area contributed by atoms with Gasteiger partial charge in [-0.1, -0.05) is 63.6 Å². The van der Waals surface area contributed by atoms with Gasteiger partial charge >= 0.3 is 6.18 Å². The maximum absolute atomic E-state index is 12.6. The van der Waals surface area contributed by atoms with Crippen LogP contribution in [0.1, 0.15) is 64.2 Å². The van der Waals surface area contributed by atoms with E-state index in [0.717, 1.165) is 30.5 Å². The second-order valence-electron chi connectivity index (χ2n) is 9.94. The molecular formula is C31H46F3N4O4P. The molecule has 2 aromatic rings. The first-order valence-corrected chi connectivity index (χ1v) is 14.6. The molecule has 0 spiro atoms. The topological polar surface area (TPSA) is 123 Å². The molecule has 0 saturated carbocycles. The molecule has 2 rings (SSSR count). The number of carbonyl (C=O) groups excluding carboxylic acids is 3. The number of primary amides is 1. The lowest BCUT2D eigenvalue weighted by Gasteiger charge is -2.21. The number of hydrogen-bond acceptors (Lipinski definition) is 5. The third kappa shape index (κ3) is 18.6. The van der Waals surface area contributed by atoms with E-state index in [1.54, 1.807) is 13.8 Å². The highest BCUT2D eigenvalue weighted by molar-refractivity contribution is 7.27. The van der Waals surface area contributed by atoms with E-state index in [2.05, 4.69) is 54.9 Å². The van der Waals surface area contributed by atoms with Crippen molar-refractivity contribution in [2.75, 3.05) is 13.7 Å². The second-order valence-corrected chi connectivity index (χ2v) is 10.6. The Balaban J connectivity index is 0.000000777. The standard InChI is InChI=1S/C17H23F3N2O2.C11H16NOP.C3H7NO/c1-4-12(2)15(22-16(24-3)10-21-11-23)9-13-5-7-14(8-6-13)17(18,19)20;1-8(12-9(2)13)7-10-3-5-11(14)6-4-10;1-2-3(4)5/h5-8,11-12,15H,4,9-10H2,1-3H3,(H,21,23);3-6,8H,7,14H2,1-2H3,(H,12,13);2H2,1H3,(H2,4,5). The van der Waals surface area contributed by atoms with Crippen LogP contribution in [0.5, 0.6) is 0 Å². The normalized spacial score (nSPS) is 13.1.